The number of halogens is 3. The van der Waals surface area contributed by atoms with Crippen molar-refractivity contribution in [2.24, 2.45) is 0 Å². The summed E-state index contributed by atoms with van der Waals surface area (Å²) in [5.41, 5.74) is 11.5. The summed E-state index contributed by atoms with van der Waals surface area (Å²) >= 11 is 10.9. The first kappa shape index (κ1) is 44.7. The van der Waals surface area contributed by atoms with E-state index in [2.05, 4.69) is 74.9 Å². The third-order valence-corrected chi connectivity index (χ3v) is 13.7. The topological polar surface area (TPSA) is 137 Å². The Morgan fingerprint density at radius 3 is 1.05 bits per heavy atom. The van der Waals surface area contributed by atoms with Crippen LogP contribution in [0.3, 0.4) is 0 Å². The first-order valence-electron chi connectivity index (χ1n) is 20.7. The van der Waals surface area contributed by atoms with Crippen LogP contribution in [0.5, 0.6) is 34.5 Å². The fourth-order valence-electron chi connectivity index (χ4n) is 9.18. The lowest BCUT2D eigenvalue weighted by Crippen LogP contribution is -1.99. The van der Waals surface area contributed by atoms with Crippen LogP contribution in [-0.4, -0.2) is 70.2 Å². The quantitative estimate of drug-likeness (QED) is 0.0864. The van der Waals surface area contributed by atoms with Gasteiger partial charge in [-0.15, -0.1) is 0 Å². The van der Waals surface area contributed by atoms with Crippen molar-refractivity contribution in [1.82, 2.24) is 15.0 Å². The van der Waals surface area contributed by atoms with Gasteiger partial charge >= 0.3 is 0 Å². The van der Waals surface area contributed by atoms with E-state index in [9.17, 15) is 9.59 Å². The molecular weight excluding hydrogens is 1030 g/mol. The molecule has 0 radical (unpaired) electrons. The van der Waals surface area contributed by atoms with Crippen LogP contribution in [0.4, 0.5) is 0 Å². The molecule has 0 fully saturated rings. The zero-order chi connectivity index (χ0) is 46.4. The van der Waals surface area contributed by atoms with Crippen molar-refractivity contribution in [1.29, 1.82) is 0 Å². The van der Waals surface area contributed by atoms with E-state index in [0.717, 1.165) is 104 Å². The molecular formula is C52H42Br3N3O8. The van der Waals surface area contributed by atoms with E-state index in [1.54, 1.807) is 40.6 Å². The largest absolute Gasteiger partial charge is 0.496 e. The number of hydrogen-bond acceptors (Lipinski definition) is 8. The predicted octanol–water partition coefficient (Wildman–Crippen LogP) is 13.3. The number of H-pyrrole nitrogens is 3. The van der Waals surface area contributed by atoms with Crippen molar-refractivity contribution >= 4 is 93.1 Å². The summed E-state index contributed by atoms with van der Waals surface area (Å²) < 4.78 is 38.6. The number of benzene rings is 6. The highest BCUT2D eigenvalue weighted by Gasteiger charge is 2.29. The Hall–Kier alpha value is -6.48. The van der Waals surface area contributed by atoms with E-state index in [-0.39, 0.29) is 0 Å². The highest BCUT2D eigenvalue weighted by Crippen LogP contribution is 2.49. The summed E-state index contributed by atoms with van der Waals surface area (Å²) in [6, 6.07) is 29.7. The zero-order valence-corrected chi connectivity index (χ0v) is 41.4. The van der Waals surface area contributed by atoms with Gasteiger partial charge < -0.3 is 43.4 Å². The molecule has 0 saturated carbocycles. The Balaban J connectivity index is 1.35. The molecule has 0 aliphatic heterocycles. The van der Waals surface area contributed by atoms with Crippen LogP contribution in [0.1, 0.15) is 43.4 Å². The summed E-state index contributed by atoms with van der Waals surface area (Å²) in [5.74, 6) is 3.07. The monoisotopic (exact) mass is 1070 g/mol. The summed E-state index contributed by atoms with van der Waals surface area (Å²) in [6.45, 7) is 0. The van der Waals surface area contributed by atoms with Crippen LogP contribution in [0.15, 0.2) is 104 Å². The van der Waals surface area contributed by atoms with E-state index in [0.29, 0.717) is 69.5 Å². The molecule has 6 aromatic carbocycles. The van der Waals surface area contributed by atoms with Gasteiger partial charge in [0.25, 0.3) is 0 Å². The van der Waals surface area contributed by atoms with Gasteiger partial charge in [0.2, 0.25) is 0 Å². The molecule has 0 aliphatic carbocycles. The van der Waals surface area contributed by atoms with Crippen LogP contribution in [-0.2, 0) is 12.8 Å². The Kier molecular flexibility index (Phi) is 12.5. The molecule has 0 amide bonds. The Morgan fingerprint density at radius 2 is 0.712 bits per heavy atom. The molecule has 0 unspecified atom stereocenters. The molecule has 0 bridgehead atoms. The van der Waals surface area contributed by atoms with Gasteiger partial charge in [0.15, 0.2) is 12.6 Å². The van der Waals surface area contributed by atoms with Gasteiger partial charge in [0.1, 0.15) is 34.5 Å². The summed E-state index contributed by atoms with van der Waals surface area (Å²) in [7, 11) is 9.58. The van der Waals surface area contributed by atoms with E-state index >= 15 is 0 Å². The van der Waals surface area contributed by atoms with Crippen molar-refractivity contribution < 1.29 is 38.0 Å². The van der Waals surface area contributed by atoms with Gasteiger partial charge in [0.05, 0.1) is 86.5 Å². The SMILES string of the molecule is COc1cc(OC)c2c(-c3ccc(Br)cc3)c(Cc3[nH]c4c(Cc5[nH]c6c(C=O)c(OC)cc(OC)c6c5-c5ccc(Br)cc5)c(OC)cc(OC)c4c3-c3ccc(Br)cc3)[nH]c2c1C=O. The Labute approximate surface area is 405 Å². The normalized spacial score (nSPS) is 11.3. The van der Waals surface area contributed by atoms with Crippen LogP contribution in [0.2, 0.25) is 0 Å². The first-order valence-corrected chi connectivity index (χ1v) is 23.0. The fourth-order valence-corrected chi connectivity index (χ4v) is 9.97. The molecule has 0 aliphatic rings. The number of aromatic nitrogens is 3. The van der Waals surface area contributed by atoms with Crippen LogP contribution >= 0.6 is 47.8 Å². The number of nitrogens with one attached hydrogen (secondary N) is 3. The van der Waals surface area contributed by atoms with Gasteiger partial charge in [-0.25, -0.2) is 0 Å². The number of carbonyl (C=O) groups is 2. The molecule has 66 heavy (non-hydrogen) atoms. The number of carbonyl (C=O) groups excluding carboxylic acids is 2. The molecule has 0 saturated heterocycles. The zero-order valence-electron chi connectivity index (χ0n) is 36.6. The van der Waals surface area contributed by atoms with E-state index in [1.165, 1.54) is 14.2 Å². The second-order valence-corrected chi connectivity index (χ2v) is 18.2. The number of ether oxygens (including phenoxy) is 6. The maximum absolute atomic E-state index is 12.8. The highest BCUT2D eigenvalue weighted by molar-refractivity contribution is 9.11. The second-order valence-electron chi connectivity index (χ2n) is 15.4. The minimum absolute atomic E-state index is 0.323. The maximum Gasteiger partial charge on any atom is 0.155 e. The average molecular weight is 1080 g/mol. The van der Waals surface area contributed by atoms with Crippen molar-refractivity contribution in [2.45, 2.75) is 12.8 Å². The van der Waals surface area contributed by atoms with Crippen molar-refractivity contribution in [3.8, 4) is 67.9 Å². The lowest BCUT2D eigenvalue weighted by atomic mass is 9.93. The van der Waals surface area contributed by atoms with Gasteiger partial charge in [-0.1, -0.05) is 84.2 Å². The number of methoxy groups -OCH3 is 6. The third kappa shape index (κ3) is 7.60. The van der Waals surface area contributed by atoms with Crippen LogP contribution in [0, 0.1) is 0 Å². The van der Waals surface area contributed by atoms with Gasteiger partial charge in [-0.05, 0) is 53.1 Å². The molecule has 9 rings (SSSR count). The minimum Gasteiger partial charge on any atom is -0.496 e. The smallest absolute Gasteiger partial charge is 0.155 e. The van der Waals surface area contributed by atoms with Crippen LogP contribution < -0.4 is 28.4 Å². The molecule has 11 nitrogen and oxygen atoms in total. The number of aromatic amines is 3. The van der Waals surface area contributed by atoms with Crippen molar-refractivity contribution in [2.75, 3.05) is 42.7 Å². The Bertz CT molecular complexity index is 3340. The van der Waals surface area contributed by atoms with E-state index in [1.807, 2.05) is 66.7 Å². The second kappa shape index (κ2) is 18.4. The van der Waals surface area contributed by atoms with Crippen molar-refractivity contribution in [3.05, 3.63) is 138 Å². The summed E-state index contributed by atoms with van der Waals surface area (Å²) in [4.78, 5) is 36.9. The highest BCUT2D eigenvalue weighted by atomic mass is 79.9. The lowest BCUT2D eigenvalue weighted by Gasteiger charge is -2.15. The molecule has 334 valence electrons. The first-order chi connectivity index (χ1) is 32.1. The third-order valence-electron chi connectivity index (χ3n) is 12.1. The maximum atomic E-state index is 12.8. The molecule has 0 atom stereocenters. The average Bonchev–Trinajstić information content (AvgIpc) is 4.03. The van der Waals surface area contributed by atoms with Gasteiger partial charge in [0, 0.05) is 83.8 Å². The predicted molar refractivity (Wildman–Crippen MR) is 270 cm³/mol. The molecule has 0 spiro atoms. The van der Waals surface area contributed by atoms with E-state index in [4.69, 9.17) is 28.4 Å². The summed E-state index contributed by atoms with van der Waals surface area (Å²) in [5, 5.41) is 2.33. The number of hydrogen-bond donors (Lipinski definition) is 3. The summed E-state index contributed by atoms with van der Waals surface area (Å²) in [6.07, 6.45) is 2.28. The van der Waals surface area contributed by atoms with Gasteiger partial charge in [-0.2, -0.15) is 0 Å². The minimum atomic E-state index is 0.323. The van der Waals surface area contributed by atoms with Gasteiger partial charge in [-0.3, -0.25) is 9.59 Å². The number of rotatable bonds is 15. The molecule has 3 heterocycles. The number of aldehydes is 2. The molecule has 14 heteroatoms. The fraction of sp³-hybridized carbons (Fsp3) is 0.154. The molecule has 3 N–H and O–H groups in total. The van der Waals surface area contributed by atoms with Crippen molar-refractivity contribution in [3.63, 3.8) is 0 Å². The lowest BCUT2D eigenvalue weighted by molar-refractivity contribution is 0.111. The Morgan fingerprint density at radius 1 is 0.409 bits per heavy atom. The van der Waals surface area contributed by atoms with E-state index < -0.39 is 0 Å². The van der Waals surface area contributed by atoms with Crippen LogP contribution in [0.25, 0.3) is 66.1 Å². The standard InChI is InChI=1S/C52H42Br3N3O8/c1-61-38-21-41(64-4)47-45(27-9-15-30(54)16-10-27)36(20-37-46(28-11-17-31(55)18-12-28)49-43(66-6)23-40(63-3)34(25-60)52(49)58-37)57-50(47)32(38)19-35-44(26-7-13-29(53)14-8-26)48-42(65-5)22-39(62-2)33(24-59)51(48)56-35/h7-18,21-25,56-58H,19-20H2,1-6H3. The molecule has 9 aromatic rings. The number of fused-ring (bicyclic) bond motifs is 3. The molecule has 3 aromatic heterocycles.